The summed E-state index contributed by atoms with van der Waals surface area (Å²) in [4.78, 5) is 15.6. The topological polar surface area (TPSA) is 129 Å². The van der Waals surface area contributed by atoms with Crippen molar-refractivity contribution in [2.24, 2.45) is 5.41 Å². The van der Waals surface area contributed by atoms with E-state index in [2.05, 4.69) is 52.8 Å². The van der Waals surface area contributed by atoms with Gasteiger partial charge < -0.3 is 15.7 Å². The Morgan fingerprint density at radius 2 is 2.03 bits per heavy atom. The van der Waals surface area contributed by atoms with Gasteiger partial charge in [0, 0.05) is 28.8 Å². The molecule has 0 amide bonds. The Kier molecular flexibility index (Phi) is 7.12. The normalized spacial score (nSPS) is 13.5. The summed E-state index contributed by atoms with van der Waals surface area (Å²) < 4.78 is 10.6. The minimum absolute atomic E-state index is 0.0653. The van der Waals surface area contributed by atoms with Crippen LogP contribution < -0.4 is 10.6 Å². The number of hydrogen-bond donors (Lipinski definition) is 3. The van der Waals surface area contributed by atoms with E-state index in [1.807, 2.05) is 0 Å². The number of aliphatic carboxylic acids is 1. The molecular formula is C26H25Cl2N7O2. The molecule has 11 heteroatoms. The third-order valence-electron chi connectivity index (χ3n) is 5.35. The zero-order valence-corrected chi connectivity index (χ0v) is 21.9. The van der Waals surface area contributed by atoms with E-state index in [9.17, 15) is 11.4 Å². The molecule has 0 fully saturated rings. The van der Waals surface area contributed by atoms with Crippen LogP contribution in [0.15, 0.2) is 48.8 Å². The number of hydrogen-bond acceptors (Lipinski definition) is 7. The number of carboxylic acids is 1. The van der Waals surface area contributed by atoms with E-state index < -0.39 is 18.5 Å². The number of carboxylic acid groups (broad SMARTS) is 1. The molecule has 1 atom stereocenters. The molecule has 2 heterocycles. The number of aromatic nitrogens is 4. The van der Waals surface area contributed by atoms with Crippen molar-refractivity contribution in [1.29, 1.82) is 5.26 Å². The molecule has 0 aliphatic heterocycles. The van der Waals surface area contributed by atoms with Crippen LogP contribution >= 0.6 is 23.2 Å². The highest BCUT2D eigenvalue weighted by atomic mass is 35.5. The minimum atomic E-state index is -1.77. The van der Waals surface area contributed by atoms with Crippen molar-refractivity contribution in [2.45, 2.75) is 33.3 Å². The average Bonchev–Trinajstić information content (AvgIpc) is 3.30. The number of rotatable bonds is 8. The molecule has 4 rings (SSSR count). The van der Waals surface area contributed by atoms with Crippen LogP contribution in [0.5, 0.6) is 0 Å². The Bertz CT molecular complexity index is 1560. The van der Waals surface area contributed by atoms with E-state index in [4.69, 9.17) is 28.3 Å². The van der Waals surface area contributed by atoms with E-state index >= 15 is 0 Å². The second kappa shape index (κ2) is 10.6. The minimum Gasteiger partial charge on any atom is -0.480 e. The van der Waals surface area contributed by atoms with Crippen LogP contribution in [0.25, 0.3) is 10.9 Å². The Balaban J connectivity index is 1.87. The first-order valence-electron chi connectivity index (χ1n) is 11.8. The van der Waals surface area contributed by atoms with Gasteiger partial charge in [0.25, 0.3) is 0 Å². The van der Waals surface area contributed by atoms with Crippen LogP contribution in [0.4, 0.5) is 11.4 Å². The summed E-state index contributed by atoms with van der Waals surface area (Å²) in [7, 11) is 0. The number of nitrogens with zero attached hydrogens (tertiary/aromatic N) is 5. The van der Waals surface area contributed by atoms with Crippen molar-refractivity contribution in [3.05, 3.63) is 75.7 Å². The molecule has 37 heavy (non-hydrogen) atoms. The van der Waals surface area contributed by atoms with Gasteiger partial charge >= 0.3 is 5.97 Å². The third kappa shape index (κ3) is 6.10. The fourth-order valence-electron chi connectivity index (χ4n) is 3.67. The van der Waals surface area contributed by atoms with E-state index in [1.165, 1.54) is 12.4 Å². The van der Waals surface area contributed by atoms with Gasteiger partial charge in [0.1, 0.15) is 18.3 Å². The lowest BCUT2D eigenvalue weighted by molar-refractivity contribution is -0.137. The summed E-state index contributed by atoms with van der Waals surface area (Å²) in [5, 5.41) is 34.6. The molecule has 0 aliphatic carbocycles. The average molecular weight is 539 g/mol. The predicted molar refractivity (Wildman–Crippen MR) is 144 cm³/mol. The number of fused-ring (bicyclic) bond motifs is 1. The molecule has 190 valence electrons. The van der Waals surface area contributed by atoms with Crippen LogP contribution in [0, 0.1) is 16.7 Å². The molecule has 2 aromatic heterocycles. The molecule has 0 radical (unpaired) electrons. The first-order valence-corrected chi connectivity index (χ1v) is 12.1. The molecule has 0 aliphatic rings. The predicted octanol–water partition coefficient (Wildman–Crippen LogP) is 5.75. The van der Waals surface area contributed by atoms with Gasteiger partial charge in [-0.15, -0.1) is 5.10 Å². The number of halogens is 2. The number of pyridine rings is 1. The quantitative estimate of drug-likeness (QED) is 0.258. The molecule has 4 aromatic rings. The summed E-state index contributed by atoms with van der Waals surface area (Å²) in [5.74, 6) is -1.10. The van der Waals surface area contributed by atoms with E-state index in [1.54, 1.807) is 36.4 Å². The lowest BCUT2D eigenvalue weighted by atomic mass is 9.96. The van der Waals surface area contributed by atoms with Crippen molar-refractivity contribution in [2.75, 3.05) is 17.2 Å². The summed E-state index contributed by atoms with van der Waals surface area (Å²) in [6.45, 7) is 6.39. The SMILES string of the molecule is [2H]C(Nc1cc(Cl)c2ncc(C#N)c(NCC(C)(C)C)c2c1)(c1cn(CC(=O)O)nn1)c1ccccc1Cl. The third-order valence-corrected chi connectivity index (χ3v) is 5.96. The Labute approximate surface area is 225 Å². The molecule has 0 saturated heterocycles. The highest BCUT2D eigenvalue weighted by molar-refractivity contribution is 6.36. The Morgan fingerprint density at radius 3 is 2.70 bits per heavy atom. The Morgan fingerprint density at radius 1 is 1.27 bits per heavy atom. The summed E-state index contributed by atoms with van der Waals surface area (Å²) >= 11 is 13.1. The number of carbonyl (C=O) groups is 1. The van der Waals surface area contributed by atoms with E-state index in [-0.39, 0.29) is 11.1 Å². The molecule has 0 spiro atoms. The monoisotopic (exact) mass is 538 g/mol. The molecule has 1 unspecified atom stereocenters. The highest BCUT2D eigenvalue weighted by Gasteiger charge is 2.22. The van der Waals surface area contributed by atoms with Crippen LogP contribution in [-0.4, -0.2) is 37.6 Å². The van der Waals surface area contributed by atoms with Gasteiger partial charge in [0.05, 0.1) is 35.4 Å². The molecule has 3 N–H and O–H groups in total. The molecule has 0 bridgehead atoms. The van der Waals surface area contributed by atoms with Crippen LogP contribution in [0.3, 0.4) is 0 Å². The number of benzene rings is 2. The van der Waals surface area contributed by atoms with Gasteiger partial charge in [0.15, 0.2) is 0 Å². The maximum absolute atomic E-state index is 11.2. The van der Waals surface area contributed by atoms with Gasteiger partial charge in [-0.1, -0.05) is 67.4 Å². The van der Waals surface area contributed by atoms with Gasteiger partial charge in [-0.3, -0.25) is 9.78 Å². The summed E-state index contributed by atoms with van der Waals surface area (Å²) in [6.07, 6.45) is 2.86. The fraction of sp³-hybridized carbons (Fsp3) is 0.269. The number of anilines is 2. The van der Waals surface area contributed by atoms with Crippen molar-refractivity contribution >= 4 is 51.4 Å². The van der Waals surface area contributed by atoms with Crippen molar-refractivity contribution in [3.63, 3.8) is 0 Å². The standard InChI is InChI=1S/C26H25Cl2N7O2/c1-26(2,3)14-31-23-15(10-29)11-30-24-18(23)8-16(9-20(24)28)32-25(17-6-4-5-7-19(17)27)21-12-35(34-33-21)13-22(36)37/h4-9,11-12,25,32H,13-14H2,1-3H3,(H,30,31)(H,36,37)/i25D. The number of nitrogens with one attached hydrogen (secondary N) is 2. The van der Waals surface area contributed by atoms with E-state index in [0.29, 0.717) is 50.0 Å². The first-order chi connectivity index (χ1) is 17.9. The van der Waals surface area contributed by atoms with Gasteiger partial charge in [-0.05, 0) is 29.2 Å². The molecule has 0 saturated carbocycles. The largest absolute Gasteiger partial charge is 0.480 e. The van der Waals surface area contributed by atoms with Gasteiger partial charge in [-0.2, -0.15) is 5.26 Å². The van der Waals surface area contributed by atoms with Gasteiger partial charge in [0.2, 0.25) is 0 Å². The van der Waals surface area contributed by atoms with Crippen molar-refractivity contribution in [1.82, 2.24) is 20.0 Å². The lowest BCUT2D eigenvalue weighted by Crippen LogP contribution is -2.20. The fourth-order valence-corrected chi connectivity index (χ4v) is 4.17. The van der Waals surface area contributed by atoms with Crippen LogP contribution in [-0.2, 0) is 11.3 Å². The highest BCUT2D eigenvalue weighted by Crippen LogP contribution is 2.37. The van der Waals surface area contributed by atoms with Crippen LogP contribution in [0.1, 0.15) is 45.0 Å². The summed E-state index contributed by atoms with van der Waals surface area (Å²) in [5.41, 5.74) is 2.29. The second-order valence-corrected chi connectivity index (χ2v) is 10.4. The summed E-state index contributed by atoms with van der Waals surface area (Å²) in [6, 6.07) is 10.6. The Hall–Kier alpha value is -3.87. The zero-order chi connectivity index (χ0) is 27.7. The first kappa shape index (κ1) is 24.8. The maximum atomic E-state index is 11.2. The van der Waals surface area contributed by atoms with E-state index in [0.717, 1.165) is 4.68 Å². The maximum Gasteiger partial charge on any atom is 0.325 e. The van der Waals surface area contributed by atoms with Crippen molar-refractivity contribution in [3.8, 4) is 6.07 Å². The second-order valence-electron chi connectivity index (χ2n) is 9.60. The molecule has 2 aromatic carbocycles. The smallest absolute Gasteiger partial charge is 0.325 e. The van der Waals surface area contributed by atoms with Gasteiger partial charge in [-0.25, -0.2) is 4.68 Å². The lowest BCUT2D eigenvalue weighted by Gasteiger charge is -2.22. The molecule has 9 nitrogen and oxygen atoms in total. The molecular weight excluding hydrogens is 513 g/mol. The number of nitriles is 1. The van der Waals surface area contributed by atoms with Crippen molar-refractivity contribution < 1.29 is 11.3 Å². The zero-order valence-electron chi connectivity index (χ0n) is 21.4. The van der Waals surface area contributed by atoms with Crippen LogP contribution in [0.2, 0.25) is 10.0 Å².